The van der Waals surface area contributed by atoms with Crippen LogP contribution in [0.2, 0.25) is 0 Å². The molecule has 0 radical (unpaired) electrons. The number of nitrogens with zero attached hydrogens (tertiary/aromatic N) is 1. The number of hydrogen-bond acceptors (Lipinski definition) is 3. The second-order valence-corrected chi connectivity index (χ2v) is 7.73. The van der Waals surface area contributed by atoms with Crippen molar-refractivity contribution in [2.45, 2.75) is 70.1 Å². The van der Waals surface area contributed by atoms with Gasteiger partial charge in [0.05, 0.1) is 13.2 Å². The number of piperazine rings is 1. The van der Waals surface area contributed by atoms with Crippen LogP contribution in [-0.4, -0.2) is 42.2 Å². The summed E-state index contributed by atoms with van der Waals surface area (Å²) in [4.78, 5) is 2.77. The molecule has 1 aromatic carbocycles. The first-order valence-electron chi connectivity index (χ1n) is 9.84. The quantitative estimate of drug-likeness (QED) is 0.765. The molecule has 24 heavy (non-hydrogen) atoms. The Labute approximate surface area is 147 Å². The van der Waals surface area contributed by atoms with E-state index >= 15 is 0 Å². The molecule has 1 saturated carbocycles. The first-order chi connectivity index (χ1) is 11.7. The highest BCUT2D eigenvalue weighted by Gasteiger charge is 2.47. The molecule has 2 fully saturated rings. The Hall–Kier alpha value is -0.900. The molecule has 1 N–H and O–H groups in total. The highest BCUT2D eigenvalue weighted by molar-refractivity contribution is 5.13. The van der Waals surface area contributed by atoms with Gasteiger partial charge >= 0.3 is 0 Å². The van der Waals surface area contributed by atoms with E-state index in [0.717, 1.165) is 26.3 Å². The van der Waals surface area contributed by atoms with Gasteiger partial charge < -0.3 is 10.1 Å². The van der Waals surface area contributed by atoms with Gasteiger partial charge in [0.15, 0.2) is 0 Å². The number of ether oxygens (including phenoxy) is 1. The Balaban J connectivity index is 1.57. The second kappa shape index (κ2) is 7.99. The summed E-state index contributed by atoms with van der Waals surface area (Å²) in [7, 11) is 0. The van der Waals surface area contributed by atoms with Crippen LogP contribution in [0, 0.1) is 0 Å². The molecule has 3 heteroatoms. The largest absolute Gasteiger partial charge is 0.375 e. The van der Waals surface area contributed by atoms with Crippen LogP contribution in [0.25, 0.3) is 0 Å². The molecular formula is C21H34N2O. The van der Waals surface area contributed by atoms with Gasteiger partial charge in [0, 0.05) is 30.7 Å². The van der Waals surface area contributed by atoms with Gasteiger partial charge in [-0.3, -0.25) is 4.90 Å². The van der Waals surface area contributed by atoms with Gasteiger partial charge in [0.25, 0.3) is 0 Å². The summed E-state index contributed by atoms with van der Waals surface area (Å²) < 4.78 is 6.00. The zero-order chi connectivity index (χ0) is 16.9. The molecule has 1 spiro atoms. The third-order valence-electron chi connectivity index (χ3n) is 6.46. The van der Waals surface area contributed by atoms with Gasteiger partial charge in [-0.25, -0.2) is 0 Å². The molecule has 1 heterocycles. The number of benzene rings is 1. The minimum Gasteiger partial charge on any atom is -0.375 e. The Morgan fingerprint density at radius 2 is 1.79 bits per heavy atom. The summed E-state index contributed by atoms with van der Waals surface area (Å²) in [5.74, 6) is 0. The van der Waals surface area contributed by atoms with Crippen LogP contribution >= 0.6 is 0 Å². The van der Waals surface area contributed by atoms with E-state index in [-0.39, 0.29) is 0 Å². The molecule has 0 unspecified atom stereocenters. The molecule has 3 rings (SSSR count). The molecule has 3 nitrogen and oxygen atoms in total. The number of hydrogen-bond donors (Lipinski definition) is 1. The van der Waals surface area contributed by atoms with E-state index in [9.17, 15) is 0 Å². The van der Waals surface area contributed by atoms with E-state index in [1.54, 1.807) is 0 Å². The summed E-state index contributed by atoms with van der Waals surface area (Å²) in [6.07, 6.45) is 7.88. The minimum absolute atomic E-state index is 0.299. The van der Waals surface area contributed by atoms with Crippen molar-refractivity contribution in [1.82, 2.24) is 10.2 Å². The van der Waals surface area contributed by atoms with Crippen molar-refractivity contribution in [2.24, 2.45) is 0 Å². The molecule has 0 amide bonds. The summed E-state index contributed by atoms with van der Waals surface area (Å²) in [6, 6.07) is 10.5. The average Bonchev–Trinajstić information content (AvgIpc) is 3.11. The average molecular weight is 331 g/mol. The van der Waals surface area contributed by atoms with Gasteiger partial charge in [0.1, 0.15) is 0 Å². The SMILES string of the molecule is CCC1(CC)CN(CCOCc2ccccc2)C2(CCCC2)CN1. The lowest BCUT2D eigenvalue weighted by Gasteiger charge is -2.53. The standard InChI is InChI=1S/C21H34N2O/c1-3-20(4-2)18-23(21(17-22-20)12-8-9-13-21)14-15-24-16-19-10-6-5-7-11-19/h5-7,10-11,22H,3-4,8-9,12-18H2,1-2H3. The van der Waals surface area contributed by atoms with Crippen molar-refractivity contribution in [3.63, 3.8) is 0 Å². The van der Waals surface area contributed by atoms with Gasteiger partial charge in [0.2, 0.25) is 0 Å². The lowest BCUT2D eigenvalue weighted by atomic mass is 9.82. The first kappa shape index (κ1) is 17.9. The lowest BCUT2D eigenvalue weighted by molar-refractivity contribution is -0.0179. The fraction of sp³-hybridized carbons (Fsp3) is 0.714. The molecule has 0 atom stereocenters. The Bertz CT molecular complexity index is 492. The van der Waals surface area contributed by atoms with Gasteiger partial charge in [-0.05, 0) is 31.2 Å². The minimum atomic E-state index is 0.299. The number of rotatable bonds is 7. The zero-order valence-corrected chi connectivity index (χ0v) is 15.5. The zero-order valence-electron chi connectivity index (χ0n) is 15.5. The molecule has 1 aliphatic heterocycles. The first-order valence-corrected chi connectivity index (χ1v) is 9.84. The topological polar surface area (TPSA) is 24.5 Å². The molecule has 1 saturated heterocycles. The van der Waals surface area contributed by atoms with Crippen LogP contribution in [0.3, 0.4) is 0 Å². The van der Waals surface area contributed by atoms with Crippen molar-refractivity contribution in [2.75, 3.05) is 26.2 Å². The van der Waals surface area contributed by atoms with E-state index in [1.165, 1.54) is 50.6 Å². The maximum atomic E-state index is 6.00. The van der Waals surface area contributed by atoms with E-state index in [2.05, 4.69) is 54.4 Å². The maximum absolute atomic E-state index is 6.00. The van der Waals surface area contributed by atoms with E-state index < -0.39 is 0 Å². The van der Waals surface area contributed by atoms with Crippen molar-refractivity contribution in [3.05, 3.63) is 35.9 Å². The molecule has 134 valence electrons. The predicted molar refractivity (Wildman–Crippen MR) is 100 cm³/mol. The molecule has 1 aliphatic carbocycles. The van der Waals surface area contributed by atoms with E-state index in [0.29, 0.717) is 11.1 Å². The fourth-order valence-corrected chi connectivity index (χ4v) is 4.56. The molecule has 2 aliphatic rings. The van der Waals surface area contributed by atoms with Crippen LogP contribution < -0.4 is 5.32 Å². The number of nitrogens with one attached hydrogen (secondary N) is 1. The van der Waals surface area contributed by atoms with Gasteiger partial charge in [-0.2, -0.15) is 0 Å². The summed E-state index contributed by atoms with van der Waals surface area (Å²) in [6.45, 7) is 9.62. The lowest BCUT2D eigenvalue weighted by Crippen LogP contribution is -2.69. The van der Waals surface area contributed by atoms with Gasteiger partial charge in [-0.15, -0.1) is 0 Å². The van der Waals surface area contributed by atoms with Crippen molar-refractivity contribution < 1.29 is 4.74 Å². The van der Waals surface area contributed by atoms with Crippen LogP contribution in [0.1, 0.15) is 57.9 Å². The molecular weight excluding hydrogens is 296 g/mol. The van der Waals surface area contributed by atoms with E-state index in [1.807, 2.05) is 0 Å². The normalized spacial score (nSPS) is 22.9. The molecule has 1 aromatic rings. The third-order valence-corrected chi connectivity index (χ3v) is 6.46. The smallest absolute Gasteiger partial charge is 0.0717 e. The van der Waals surface area contributed by atoms with Crippen LogP contribution in [-0.2, 0) is 11.3 Å². The highest BCUT2D eigenvalue weighted by Crippen LogP contribution is 2.39. The second-order valence-electron chi connectivity index (χ2n) is 7.73. The Kier molecular flexibility index (Phi) is 5.96. The van der Waals surface area contributed by atoms with Crippen molar-refractivity contribution in [3.8, 4) is 0 Å². The van der Waals surface area contributed by atoms with Crippen molar-refractivity contribution >= 4 is 0 Å². The third kappa shape index (κ3) is 3.84. The maximum Gasteiger partial charge on any atom is 0.0717 e. The van der Waals surface area contributed by atoms with Crippen LogP contribution in [0.15, 0.2) is 30.3 Å². The Morgan fingerprint density at radius 3 is 2.46 bits per heavy atom. The molecule has 0 bridgehead atoms. The molecule has 0 aromatic heterocycles. The van der Waals surface area contributed by atoms with E-state index in [4.69, 9.17) is 4.74 Å². The summed E-state index contributed by atoms with van der Waals surface area (Å²) in [5, 5.41) is 3.93. The summed E-state index contributed by atoms with van der Waals surface area (Å²) in [5.41, 5.74) is 1.96. The van der Waals surface area contributed by atoms with Crippen molar-refractivity contribution in [1.29, 1.82) is 0 Å². The summed E-state index contributed by atoms with van der Waals surface area (Å²) >= 11 is 0. The van der Waals surface area contributed by atoms with Crippen LogP contribution in [0.4, 0.5) is 0 Å². The predicted octanol–water partition coefficient (Wildman–Crippen LogP) is 3.98. The van der Waals surface area contributed by atoms with Gasteiger partial charge in [-0.1, -0.05) is 57.0 Å². The highest BCUT2D eigenvalue weighted by atomic mass is 16.5. The fourth-order valence-electron chi connectivity index (χ4n) is 4.56. The monoisotopic (exact) mass is 330 g/mol. The Morgan fingerprint density at radius 1 is 1.08 bits per heavy atom. The van der Waals surface area contributed by atoms with Crippen LogP contribution in [0.5, 0.6) is 0 Å².